The van der Waals surface area contributed by atoms with E-state index in [0.717, 1.165) is 34.1 Å². The summed E-state index contributed by atoms with van der Waals surface area (Å²) in [6.07, 6.45) is 0.837. The Morgan fingerprint density at radius 3 is 2.56 bits per heavy atom. The normalized spacial score (nSPS) is 12.7. The van der Waals surface area contributed by atoms with Gasteiger partial charge in [-0.3, -0.25) is 14.5 Å². The molecule has 0 spiro atoms. The number of aryl methyl sites for hydroxylation is 1. The second-order valence-electron chi connectivity index (χ2n) is 6.13. The fraction of sp³-hybridized carbons (Fsp3) is 0.143. The van der Waals surface area contributed by atoms with Crippen molar-refractivity contribution in [3.05, 3.63) is 71.8 Å². The Bertz CT molecular complexity index is 989. The van der Waals surface area contributed by atoms with Gasteiger partial charge in [0.05, 0.1) is 5.69 Å². The second-order valence-corrected chi connectivity index (χ2v) is 6.13. The van der Waals surface area contributed by atoms with Crippen molar-refractivity contribution in [1.29, 1.82) is 0 Å². The number of carbonyl (C=O) groups is 2. The zero-order valence-corrected chi connectivity index (χ0v) is 14.0. The summed E-state index contributed by atoms with van der Waals surface area (Å²) >= 11 is 0. The van der Waals surface area contributed by atoms with E-state index in [9.17, 15) is 9.59 Å². The summed E-state index contributed by atoms with van der Waals surface area (Å²) in [5.41, 5.74) is 3.35. The summed E-state index contributed by atoms with van der Waals surface area (Å²) in [5.74, 6) is -0.315. The Morgan fingerprint density at radius 1 is 1.00 bits per heavy atom. The maximum absolute atomic E-state index is 12.7. The minimum absolute atomic E-state index is 0.00464. The molecule has 0 saturated heterocycles. The number of hydrogen-bond donors (Lipinski definition) is 1. The Kier molecular flexibility index (Phi) is 3.73. The van der Waals surface area contributed by atoms with Crippen LogP contribution >= 0.6 is 0 Å². The molecular formula is C21H18N2O2. The van der Waals surface area contributed by atoms with Crippen LogP contribution in [-0.4, -0.2) is 18.4 Å². The smallest absolute Gasteiger partial charge is 0.259 e. The van der Waals surface area contributed by atoms with Gasteiger partial charge in [-0.1, -0.05) is 49.4 Å². The van der Waals surface area contributed by atoms with E-state index < -0.39 is 0 Å². The zero-order valence-electron chi connectivity index (χ0n) is 14.0. The minimum atomic E-state index is -0.195. The second kappa shape index (κ2) is 6.06. The van der Waals surface area contributed by atoms with Gasteiger partial charge in [0.25, 0.3) is 5.91 Å². The predicted molar refractivity (Wildman–Crippen MR) is 100 cm³/mol. The summed E-state index contributed by atoms with van der Waals surface area (Å²) in [6, 6.07) is 19.2. The Morgan fingerprint density at radius 2 is 1.76 bits per heavy atom. The van der Waals surface area contributed by atoms with Crippen LogP contribution in [0.2, 0.25) is 0 Å². The summed E-state index contributed by atoms with van der Waals surface area (Å²) in [4.78, 5) is 26.8. The lowest BCUT2D eigenvalue weighted by Crippen LogP contribution is -2.35. The Balaban J connectivity index is 1.61. The molecule has 1 N–H and O–H groups in total. The zero-order chi connectivity index (χ0) is 17.4. The highest BCUT2D eigenvalue weighted by atomic mass is 16.2. The lowest BCUT2D eigenvalue weighted by Gasteiger charge is -2.18. The molecule has 4 rings (SSSR count). The maximum atomic E-state index is 12.7. The van der Waals surface area contributed by atoms with Gasteiger partial charge in [-0.25, -0.2) is 0 Å². The number of rotatable bonds is 4. The summed E-state index contributed by atoms with van der Waals surface area (Å²) < 4.78 is 0. The van der Waals surface area contributed by atoms with Crippen LogP contribution in [-0.2, 0) is 11.2 Å². The molecular weight excluding hydrogens is 312 g/mol. The minimum Gasteiger partial charge on any atom is -0.324 e. The van der Waals surface area contributed by atoms with Crippen molar-refractivity contribution in [2.45, 2.75) is 13.3 Å². The molecule has 124 valence electrons. The van der Waals surface area contributed by atoms with Gasteiger partial charge in [0.2, 0.25) is 5.91 Å². The van der Waals surface area contributed by atoms with Crippen molar-refractivity contribution in [3.63, 3.8) is 0 Å². The first-order valence-corrected chi connectivity index (χ1v) is 8.40. The van der Waals surface area contributed by atoms with E-state index in [0.29, 0.717) is 5.56 Å². The molecule has 0 saturated carbocycles. The number of amides is 2. The van der Waals surface area contributed by atoms with Crippen LogP contribution in [0.3, 0.4) is 0 Å². The van der Waals surface area contributed by atoms with E-state index in [1.165, 1.54) is 0 Å². The van der Waals surface area contributed by atoms with Crippen molar-refractivity contribution >= 4 is 34.0 Å². The van der Waals surface area contributed by atoms with Gasteiger partial charge in [-0.2, -0.15) is 0 Å². The molecule has 0 radical (unpaired) electrons. The maximum Gasteiger partial charge on any atom is 0.259 e. The van der Waals surface area contributed by atoms with Gasteiger partial charge in [0, 0.05) is 16.6 Å². The van der Waals surface area contributed by atoms with Crippen LogP contribution in [0.25, 0.3) is 10.8 Å². The first-order chi connectivity index (χ1) is 12.2. The molecule has 25 heavy (non-hydrogen) atoms. The molecule has 0 fully saturated rings. The Labute approximate surface area is 146 Å². The van der Waals surface area contributed by atoms with Crippen molar-refractivity contribution in [3.8, 4) is 0 Å². The van der Waals surface area contributed by atoms with E-state index in [1.807, 2.05) is 67.6 Å². The number of benzene rings is 3. The monoisotopic (exact) mass is 330 g/mol. The summed E-state index contributed by atoms with van der Waals surface area (Å²) in [7, 11) is 0. The summed E-state index contributed by atoms with van der Waals surface area (Å²) in [5, 5.41) is 4.88. The number of para-hydroxylation sites is 1. The van der Waals surface area contributed by atoms with Crippen LogP contribution in [0.15, 0.2) is 60.7 Å². The largest absolute Gasteiger partial charge is 0.324 e. The van der Waals surface area contributed by atoms with Gasteiger partial charge in [0.1, 0.15) is 6.54 Å². The van der Waals surface area contributed by atoms with Gasteiger partial charge < -0.3 is 5.32 Å². The van der Waals surface area contributed by atoms with Crippen LogP contribution in [0.1, 0.15) is 22.8 Å². The van der Waals surface area contributed by atoms with Crippen molar-refractivity contribution in [2.75, 3.05) is 16.8 Å². The van der Waals surface area contributed by atoms with Crippen molar-refractivity contribution in [1.82, 2.24) is 0 Å². The highest BCUT2D eigenvalue weighted by Gasteiger charge is 2.30. The number of anilines is 2. The van der Waals surface area contributed by atoms with Crippen LogP contribution in [0, 0.1) is 0 Å². The lowest BCUT2D eigenvalue weighted by molar-refractivity contribution is -0.114. The van der Waals surface area contributed by atoms with E-state index in [2.05, 4.69) is 5.32 Å². The van der Waals surface area contributed by atoms with Gasteiger partial charge >= 0.3 is 0 Å². The quantitative estimate of drug-likeness (QED) is 0.786. The van der Waals surface area contributed by atoms with Crippen LogP contribution in [0.4, 0.5) is 11.4 Å². The average molecular weight is 330 g/mol. The molecule has 3 aromatic rings. The number of hydrogen-bond acceptors (Lipinski definition) is 2. The average Bonchev–Trinajstić information content (AvgIpc) is 2.90. The van der Waals surface area contributed by atoms with Crippen LogP contribution in [0.5, 0.6) is 0 Å². The van der Waals surface area contributed by atoms with E-state index in [4.69, 9.17) is 0 Å². The van der Waals surface area contributed by atoms with Gasteiger partial charge in [-0.15, -0.1) is 0 Å². The predicted octanol–water partition coefficient (Wildman–Crippen LogP) is 4.00. The lowest BCUT2D eigenvalue weighted by atomic mass is 10.1. The molecule has 1 aliphatic rings. The first kappa shape index (κ1) is 15.4. The number of nitrogens with one attached hydrogen (secondary N) is 1. The van der Waals surface area contributed by atoms with E-state index >= 15 is 0 Å². The van der Waals surface area contributed by atoms with Crippen molar-refractivity contribution in [2.24, 2.45) is 0 Å². The standard InChI is InChI=1S/C21H18N2O2/c1-2-14-7-3-4-11-17(14)22-19(24)13-23-18-12-6-9-15-8-5-10-16(20(15)18)21(23)25/h3-12H,2,13H2,1H3,(H,22,24). The molecule has 0 aromatic heterocycles. The number of nitrogens with zero attached hydrogens (tertiary/aromatic N) is 1. The summed E-state index contributed by atoms with van der Waals surface area (Å²) in [6.45, 7) is 2.05. The van der Waals surface area contributed by atoms with E-state index in [-0.39, 0.29) is 18.4 Å². The third-order valence-electron chi connectivity index (χ3n) is 4.62. The third-order valence-corrected chi connectivity index (χ3v) is 4.62. The van der Waals surface area contributed by atoms with E-state index in [1.54, 1.807) is 4.90 Å². The molecule has 1 heterocycles. The molecule has 0 atom stereocenters. The van der Waals surface area contributed by atoms with Crippen molar-refractivity contribution < 1.29 is 9.59 Å². The Hall–Kier alpha value is -3.14. The number of carbonyl (C=O) groups excluding carboxylic acids is 2. The van der Waals surface area contributed by atoms with Crippen LogP contribution < -0.4 is 10.2 Å². The molecule has 0 aliphatic carbocycles. The highest BCUT2D eigenvalue weighted by molar-refractivity contribution is 6.26. The SMILES string of the molecule is CCc1ccccc1NC(=O)CN1C(=O)c2cccc3cccc1c23. The fourth-order valence-corrected chi connectivity index (χ4v) is 3.42. The van der Waals surface area contributed by atoms with Gasteiger partial charge in [0.15, 0.2) is 0 Å². The highest BCUT2D eigenvalue weighted by Crippen LogP contribution is 2.36. The first-order valence-electron chi connectivity index (χ1n) is 8.40. The molecule has 3 aromatic carbocycles. The molecule has 4 heteroatoms. The molecule has 1 aliphatic heterocycles. The molecule has 0 unspecified atom stereocenters. The molecule has 0 bridgehead atoms. The third kappa shape index (κ3) is 2.56. The fourth-order valence-electron chi connectivity index (χ4n) is 3.42. The topological polar surface area (TPSA) is 49.4 Å². The molecule has 4 nitrogen and oxygen atoms in total. The van der Waals surface area contributed by atoms with Gasteiger partial charge in [-0.05, 0) is 35.6 Å². The molecule has 2 amide bonds.